The zero-order valence-electron chi connectivity index (χ0n) is 21.2. The number of aliphatic hydroxyl groups is 1. The Labute approximate surface area is 218 Å². The molecule has 1 spiro atoms. The third-order valence-electron chi connectivity index (χ3n) is 7.79. The van der Waals surface area contributed by atoms with Crippen LogP contribution in [0.5, 0.6) is 5.75 Å². The van der Waals surface area contributed by atoms with Gasteiger partial charge >= 0.3 is 0 Å². The highest BCUT2D eigenvalue weighted by molar-refractivity contribution is 5.46. The second-order valence-corrected chi connectivity index (χ2v) is 10.3. The third kappa shape index (κ3) is 5.64. The number of halogens is 1. The van der Waals surface area contributed by atoms with Crippen LogP contribution in [0.3, 0.4) is 0 Å². The molecule has 192 valence electrons. The van der Waals surface area contributed by atoms with E-state index in [1.54, 1.807) is 24.3 Å². The van der Waals surface area contributed by atoms with Crippen LogP contribution in [-0.2, 0) is 12.8 Å². The van der Waals surface area contributed by atoms with Crippen molar-refractivity contribution < 1.29 is 14.2 Å². The average molecular weight is 500 g/mol. The van der Waals surface area contributed by atoms with E-state index in [9.17, 15) is 14.8 Å². The van der Waals surface area contributed by atoms with Crippen LogP contribution in [0.15, 0.2) is 66.7 Å². The summed E-state index contributed by atoms with van der Waals surface area (Å²) in [6, 6.07) is 22.0. The molecule has 2 aliphatic rings. The molecule has 0 amide bonds. The fourth-order valence-electron chi connectivity index (χ4n) is 5.49. The summed E-state index contributed by atoms with van der Waals surface area (Å²) in [6.45, 7) is 2.48. The van der Waals surface area contributed by atoms with Gasteiger partial charge < -0.3 is 20.5 Å². The molecule has 0 bridgehead atoms. The highest BCUT2D eigenvalue weighted by Gasteiger charge is 2.45. The lowest BCUT2D eigenvalue weighted by Gasteiger charge is -2.48. The van der Waals surface area contributed by atoms with Crippen LogP contribution in [-0.4, -0.2) is 29.4 Å². The zero-order valence-corrected chi connectivity index (χ0v) is 21.2. The number of hydrogen-bond acceptors (Lipinski definition) is 5. The highest BCUT2D eigenvalue weighted by atomic mass is 19.1. The third-order valence-corrected chi connectivity index (χ3v) is 7.79. The molecular formula is C31H34FN3O2. The number of ether oxygens (including phenoxy) is 1. The van der Waals surface area contributed by atoms with Gasteiger partial charge in [0.1, 0.15) is 17.2 Å². The number of hydrogen-bond donors (Lipinski definition) is 3. The summed E-state index contributed by atoms with van der Waals surface area (Å²) < 4.78 is 20.9. The van der Waals surface area contributed by atoms with Crippen molar-refractivity contribution in [1.29, 1.82) is 5.26 Å². The van der Waals surface area contributed by atoms with Crippen LogP contribution >= 0.6 is 0 Å². The van der Waals surface area contributed by atoms with E-state index in [-0.39, 0.29) is 17.5 Å². The molecule has 6 heteroatoms. The highest BCUT2D eigenvalue weighted by Crippen LogP contribution is 2.49. The Morgan fingerprint density at radius 3 is 2.68 bits per heavy atom. The number of para-hydroxylation sites is 1. The Balaban J connectivity index is 1.35. The summed E-state index contributed by atoms with van der Waals surface area (Å²) in [5.41, 5.74) is 4.10. The van der Waals surface area contributed by atoms with Crippen molar-refractivity contribution in [2.45, 2.75) is 69.2 Å². The molecule has 1 aliphatic heterocycles. The number of aryl methyl sites for hydroxylation is 1. The molecule has 1 aliphatic carbocycles. The quantitative estimate of drug-likeness (QED) is 0.353. The van der Waals surface area contributed by atoms with Gasteiger partial charge in [-0.05, 0) is 73.6 Å². The molecule has 5 nitrogen and oxygen atoms in total. The largest absolute Gasteiger partial charge is 0.487 e. The predicted molar refractivity (Wildman–Crippen MR) is 143 cm³/mol. The number of anilines is 1. The topological polar surface area (TPSA) is 77.3 Å². The first-order valence-electron chi connectivity index (χ1n) is 13.2. The molecule has 5 rings (SSSR count). The van der Waals surface area contributed by atoms with Crippen molar-refractivity contribution in [3.05, 3.63) is 94.8 Å². The van der Waals surface area contributed by atoms with Crippen LogP contribution in [0.1, 0.15) is 60.9 Å². The molecule has 3 atom stereocenters. The SMILES string of the molecule is CCc1ccc2c(c1)[C@@H](NC[C@@H](O)[C@H](Cc1cccc(C#N)c1)Nc1ccccc1F)CC1(CCC1)O2. The lowest BCUT2D eigenvalue weighted by Crippen LogP contribution is -2.50. The van der Waals surface area contributed by atoms with Crippen molar-refractivity contribution in [1.82, 2.24) is 5.32 Å². The molecule has 3 aromatic rings. The molecule has 0 unspecified atom stereocenters. The lowest BCUT2D eigenvalue weighted by atomic mass is 9.72. The number of aliphatic hydroxyl groups excluding tert-OH is 1. The molecule has 1 heterocycles. The zero-order chi connectivity index (χ0) is 25.8. The summed E-state index contributed by atoms with van der Waals surface area (Å²) in [5, 5.41) is 27.5. The van der Waals surface area contributed by atoms with Crippen LogP contribution in [0.25, 0.3) is 0 Å². The molecule has 1 saturated carbocycles. The van der Waals surface area contributed by atoms with Gasteiger partial charge in [-0.2, -0.15) is 5.26 Å². The molecule has 1 fully saturated rings. The van der Waals surface area contributed by atoms with Crippen molar-refractivity contribution in [2.75, 3.05) is 11.9 Å². The minimum absolute atomic E-state index is 0.0706. The Morgan fingerprint density at radius 2 is 1.95 bits per heavy atom. The van der Waals surface area contributed by atoms with Crippen molar-refractivity contribution in [2.24, 2.45) is 0 Å². The number of rotatable bonds is 9. The van der Waals surface area contributed by atoms with Gasteiger partial charge in [0.25, 0.3) is 0 Å². The molecule has 37 heavy (non-hydrogen) atoms. The molecule has 3 N–H and O–H groups in total. The van der Waals surface area contributed by atoms with Gasteiger partial charge in [-0.1, -0.05) is 43.3 Å². The van der Waals surface area contributed by atoms with Crippen molar-refractivity contribution >= 4 is 5.69 Å². The van der Waals surface area contributed by atoms with Crippen molar-refractivity contribution in [3.63, 3.8) is 0 Å². The van der Waals surface area contributed by atoms with E-state index in [1.807, 2.05) is 18.2 Å². The number of nitrogens with zero attached hydrogens (tertiary/aromatic N) is 1. The number of benzene rings is 3. The Hall–Kier alpha value is -3.40. The van der Waals surface area contributed by atoms with Gasteiger partial charge in [0, 0.05) is 24.6 Å². The number of fused-ring (bicyclic) bond motifs is 1. The Morgan fingerprint density at radius 1 is 1.11 bits per heavy atom. The van der Waals surface area contributed by atoms with E-state index in [1.165, 1.54) is 18.1 Å². The summed E-state index contributed by atoms with van der Waals surface area (Å²) in [7, 11) is 0. The molecule has 0 radical (unpaired) electrons. The van der Waals surface area contributed by atoms with Crippen LogP contribution in [0.2, 0.25) is 0 Å². The Kier molecular flexibility index (Phi) is 7.45. The van der Waals surface area contributed by atoms with E-state index in [0.29, 0.717) is 24.2 Å². The Bertz CT molecular complexity index is 1280. The standard InChI is InChI=1S/C31H34FN3O2/c1-2-21-11-12-30-24(16-21)28(18-31(37-30)13-6-14-31)34-20-29(36)27(35-26-10-4-3-9-25(26)32)17-22-7-5-8-23(15-22)19-33/h3-5,7-12,15-16,27-29,34-36H,2,6,13-14,17-18,20H2,1H3/t27-,28-,29+/m0/s1. The summed E-state index contributed by atoms with van der Waals surface area (Å²) >= 11 is 0. The average Bonchev–Trinajstić information content (AvgIpc) is 2.91. The predicted octanol–water partition coefficient (Wildman–Crippen LogP) is 5.68. The van der Waals surface area contributed by atoms with Gasteiger partial charge in [0.2, 0.25) is 0 Å². The minimum atomic E-state index is -0.802. The fourth-order valence-corrected chi connectivity index (χ4v) is 5.49. The first-order valence-corrected chi connectivity index (χ1v) is 13.2. The normalized spacial score (nSPS) is 19.1. The van der Waals surface area contributed by atoms with E-state index < -0.39 is 12.1 Å². The number of nitrogens with one attached hydrogen (secondary N) is 2. The van der Waals surface area contributed by atoms with E-state index in [4.69, 9.17) is 4.74 Å². The smallest absolute Gasteiger partial charge is 0.146 e. The van der Waals surface area contributed by atoms with Gasteiger partial charge in [-0.25, -0.2) is 4.39 Å². The minimum Gasteiger partial charge on any atom is -0.487 e. The van der Waals surface area contributed by atoms with Gasteiger partial charge in [0.15, 0.2) is 0 Å². The summed E-state index contributed by atoms with van der Waals surface area (Å²) in [6.07, 6.45) is 4.74. The van der Waals surface area contributed by atoms with Crippen LogP contribution in [0, 0.1) is 17.1 Å². The van der Waals surface area contributed by atoms with Gasteiger partial charge in [0.05, 0.1) is 29.5 Å². The summed E-state index contributed by atoms with van der Waals surface area (Å²) in [4.78, 5) is 0. The van der Waals surface area contributed by atoms with Gasteiger partial charge in [-0.15, -0.1) is 0 Å². The van der Waals surface area contributed by atoms with Crippen molar-refractivity contribution in [3.8, 4) is 11.8 Å². The van der Waals surface area contributed by atoms with Crippen LogP contribution in [0.4, 0.5) is 10.1 Å². The molecule has 3 aromatic carbocycles. The van der Waals surface area contributed by atoms with E-state index >= 15 is 0 Å². The maximum Gasteiger partial charge on any atom is 0.146 e. The fraction of sp³-hybridized carbons (Fsp3) is 0.387. The molecule has 0 aromatic heterocycles. The molecular weight excluding hydrogens is 465 g/mol. The second kappa shape index (κ2) is 10.9. The maximum atomic E-state index is 14.5. The van der Waals surface area contributed by atoms with E-state index in [0.717, 1.165) is 42.6 Å². The number of nitriles is 1. The maximum absolute atomic E-state index is 14.5. The summed E-state index contributed by atoms with van der Waals surface area (Å²) in [5.74, 6) is 0.570. The van der Waals surface area contributed by atoms with E-state index in [2.05, 4.69) is 41.8 Å². The second-order valence-electron chi connectivity index (χ2n) is 10.3. The first-order chi connectivity index (χ1) is 18.0. The van der Waals surface area contributed by atoms with Crippen LogP contribution < -0.4 is 15.4 Å². The molecule has 0 saturated heterocycles. The first kappa shape index (κ1) is 25.3. The monoisotopic (exact) mass is 499 g/mol. The van der Waals surface area contributed by atoms with Gasteiger partial charge in [-0.3, -0.25) is 0 Å². The lowest BCUT2D eigenvalue weighted by molar-refractivity contribution is -0.0380.